The average molecular weight is 556 g/mol. The molecule has 0 saturated heterocycles. The number of oxazole rings is 1. The van der Waals surface area contributed by atoms with Crippen molar-refractivity contribution in [2.45, 2.75) is 25.8 Å². The Labute approximate surface area is 238 Å². The zero-order valence-corrected chi connectivity index (χ0v) is 23.6. The largest absolute Gasteiger partial charge is 0.496 e. The van der Waals surface area contributed by atoms with Crippen molar-refractivity contribution in [1.82, 2.24) is 10.3 Å². The predicted molar refractivity (Wildman–Crippen MR) is 158 cm³/mol. The molecule has 10 nitrogen and oxygen atoms in total. The third-order valence-corrected chi connectivity index (χ3v) is 6.32. The van der Waals surface area contributed by atoms with Crippen LogP contribution in [0, 0.1) is 0 Å². The molecule has 0 aliphatic carbocycles. The molecule has 4 aromatic rings. The van der Waals surface area contributed by atoms with Gasteiger partial charge in [-0.05, 0) is 74.4 Å². The minimum absolute atomic E-state index is 0.202. The zero-order chi connectivity index (χ0) is 29.6. The number of carbonyl (C=O) groups excluding carboxylic acids is 3. The molecule has 0 unspecified atom stereocenters. The lowest BCUT2D eigenvalue weighted by Gasteiger charge is -2.26. The van der Waals surface area contributed by atoms with Gasteiger partial charge in [-0.2, -0.15) is 0 Å². The number of anilines is 3. The molecule has 3 aromatic carbocycles. The number of methoxy groups -OCH3 is 1. The van der Waals surface area contributed by atoms with Crippen LogP contribution in [0.3, 0.4) is 0 Å². The zero-order valence-electron chi connectivity index (χ0n) is 23.6. The van der Waals surface area contributed by atoms with Gasteiger partial charge in [0.2, 0.25) is 0 Å². The Balaban J connectivity index is 1.32. The van der Waals surface area contributed by atoms with Crippen molar-refractivity contribution in [2.24, 2.45) is 0 Å². The van der Waals surface area contributed by atoms with Crippen LogP contribution in [-0.4, -0.2) is 49.4 Å². The topological polar surface area (TPSA) is 126 Å². The van der Waals surface area contributed by atoms with Gasteiger partial charge in [-0.25, -0.2) is 4.98 Å². The molecular formula is C31H33N5O5. The van der Waals surface area contributed by atoms with Crippen molar-refractivity contribution in [3.63, 3.8) is 0 Å². The number of carbonyl (C=O) groups is 3. The maximum atomic E-state index is 12.7. The number of nitrogens with zero attached hydrogens (tertiary/aromatic N) is 2. The number of ether oxygens (including phenoxy) is 1. The third-order valence-electron chi connectivity index (χ3n) is 6.32. The van der Waals surface area contributed by atoms with Crippen molar-refractivity contribution in [3.05, 3.63) is 90.4 Å². The van der Waals surface area contributed by atoms with Crippen LogP contribution in [0.2, 0.25) is 0 Å². The number of hydrogen-bond donors (Lipinski definition) is 3. The van der Waals surface area contributed by atoms with Crippen LogP contribution in [0.15, 0.2) is 83.7 Å². The second kappa shape index (κ2) is 12.4. The summed E-state index contributed by atoms with van der Waals surface area (Å²) in [4.78, 5) is 43.8. The smallest absolute Gasteiger partial charge is 0.313 e. The van der Waals surface area contributed by atoms with Gasteiger partial charge in [-0.1, -0.05) is 12.1 Å². The molecule has 0 aliphatic rings. The van der Waals surface area contributed by atoms with Gasteiger partial charge in [0, 0.05) is 48.3 Å². The van der Waals surface area contributed by atoms with E-state index in [1.54, 1.807) is 36.5 Å². The van der Waals surface area contributed by atoms with Crippen molar-refractivity contribution in [2.75, 3.05) is 36.7 Å². The number of rotatable bonds is 9. The monoisotopic (exact) mass is 555 g/mol. The molecule has 0 spiro atoms. The van der Waals surface area contributed by atoms with Crippen molar-refractivity contribution < 1.29 is 23.5 Å². The highest BCUT2D eigenvalue weighted by Gasteiger charge is 2.25. The van der Waals surface area contributed by atoms with Gasteiger partial charge in [-0.3, -0.25) is 14.4 Å². The summed E-state index contributed by atoms with van der Waals surface area (Å²) in [7, 11) is 5.38. The van der Waals surface area contributed by atoms with Gasteiger partial charge in [0.1, 0.15) is 5.75 Å². The molecule has 1 heterocycles. The van der Waals surface area contributed by atoms with Gasteiger partial charge in [0.05, 0.1) is 18.9 Å². The van der Waals surface area contributed by atoms with E-state index >= 15 is 0 Å². The fraction of sp³-hybridized carbons (Fsp3) is 0.226. The van der Waals surface area contributed by atoms with E-state index in [0.717, 1.165) is 11.3 Å². The molecule has 3 amide bonds. The molecule has 0 aliphatic heterocycles. The Hall–Kier alpha value is -5.12. The molecule has 0 saturated carbocycles. The number of benzene rings is 3. The number of hydrogen-bond acceptors (Lipinski definition) is 7. The minimum Gasteiger partial charge on any atom is -0.496 e. The highest BCUT2D eigenvalue weighted by Crippen LogP contribution is 2.32. The highest BCUT2D eigenvalue weighted by atomic mass is 16.5. The first kappa shape index (κ1) is 28.9. The number of nitrogens with one attached hydrogen (secondary N) is 3. The maximum absolute atomic E-state index is 12.7. The Kier molecular flexibility index (Phi) is 8.72. The highest BCUT2D eigenvalue weighted by molar-refractivity contribution is 6.39. The second-order valence-electron chi connectivity index (χ2n) is 10.3. The average Bonchev–Trinajstić information content (AvgIpc) is 3.48. The minimum atomic E-state index is -0.802. The SMILES string of the molecule is COc1cc(NC(=O)C(=O)NC(C)(C)Cc2ccc(NC(=O)c3ccc(N(C)C)cc3)cc2)ccc1-c1cnco1. The van der Waals surface area contributed by atoms with Gasteiger partial charge in [-0.15, -0.1) is 0 Å². The van der Waals surface area contributed by atoms with Crippen molar-refractivity contribution in [1.29, 1.82) is 0 Å². The summed E-state index contributed by atoms with van der Waals surface area (Å²) in [5, 5.41) is 8.29. The van der Waals surface area contributed by atoms with Crippen LogP contribution >= 0.6 is 0 Å². The second-order valence-corrected chi connectivity index (χ2v) is 10.3. The van der Waals surface area contributed by atoms with E-state index in [2.05, 4.69) is 20.9 Å². The summed E-state index contributed by atoms with van der Waals surface area (Å²) in [6.07, 6.45) is 3.34. The van der Waals surface area contributed by atoms with Crippen molar-refractivity contribution in [3.8, 4) is 17.1 Å². The van der Waals surface area contributed by atoms with Gasteiger partial charge < -0.3 is 30.0 Å². The normalized spacial score (nSPS) is 11.0. The summed E-state index contributed by atoms with van der Waals surface area (Å²) in [5.74, 6) is -0.791. The molecular weight excluding hydrogens is 522 g/mol. The van der Waals surface area contributed by atoms with E-state index in [4.69, 9.17) is 9.15 Å². The third kappa shape index (κ3) is 7.51. The Morgan fingerprint density at radius 3 is 2.20 bits per heavy atom. The number of aromatic nitrogens is 1. The van der Waals surface area contributed by atoms with E-state index in [1.165, 1.54) is 13.5 Å². The Morgan fingerprint density at radius 1 is 0.902 bits per heavy atom. The predicted octanol–water partition coefficient (Wildman–Crippen LogP) is 4.74. The van der Waals surface area contributed by atoms with Gasteiger partial charge >= 0.3 is 11.8 Å². The summed E-state index contributed by atoms with van der Waals surface area (Å²) in [6.45, 7) is 3.67. The Bertz CT molecular complexity index is 1510. The number of amides is 3. The maximum Gasteiger partial charge on any atom is 0.313 e. The summed E-state index contributed by atoms with van der Waals surface area (Å²) >= 11 is 0. The lowest BCUT2D eigenvalue weighted by atomic mass is 9.94. The molecule has 4 rings (SSSR count). The van der Waals surface area contributed by atoms with E-state index in [-0.39, 0.29) is 5.91 Å². The molecule has 212 valence electrons. The molecule has 10 heteroatoms. The fourth-order valence-corrected chi connectivity index (χ4v) is 4.25. The molecule has 0 bridgehead atoms. The molecule has 3 N–H and O–H groups in total. The fourth-order valence-electron chi connectivity index (χ4n) is 4.25. The van der Waals surface area contributed by atoms with Crippen LogP contribution in [0.25, 0.3) is 11.3 Å². The first-order chi connectivity index (χ1) is 19.5. The molecule has 0 fully saturated rings. The quantitative estimate of drug-likeness (QED) is 0.255. The van der Waals surface area contributed by atoms with E-state index in [0.29, 0.717) is 40.4 Å². The van der Waals surface area contributed by atoms with E-state index < -0.39 is 17.4 Å². The standard InChI is InChI=1S/C31H33N5O5/c1-31(2,17-20-6-10-22(11-7-20)33-28(37)21-8-13-24(14-9-21)36(3)4)35-30(39)29(38)34-23-12-15-25(26(16-23)40-5)27-18-32-19-41-27/h6-16,18-19H,17H2,1-5H3,(H,33,37)(H,34,38)(H,35,39). The molecule has 0 radical (unpaired) electrons. The molecule has 1 aromatic heterocycles. The van der Waals surface area contributed by atoms with Crippen LogP contribution in [0.4, 0.5) is 17.1 Å². The first-order valence-corrected chi connectivity index (χ1v) is 12.9. The molecule has 0 atom stereocenters. The van der Waals surface area contributed by atoms with Gasteiger partial charge in [0.25, 0.3) is 5.91 Å². The van der Waals surface area contributed by atoms with Gasteiger partial charge in [0.15, 0.2) is 12.2 Å². The molecule has 41 heavy (non-hydrogen) atoms. The summed E-state index contributed by atoms with van der Waals surface area (Å²) in [6, 6.07) is 19.7. The van der Waals surface area contributed by atoms with E-state index in [9.17, 15) is 14.4 Å². The van der Waals surface area contributed by atoms with Crippen molar-refractivity contribution >= 4 is 34.8 Å². The van der Waals surface area contributed by atoms with E-state index in [1.807, 2.05) is 69.2 Å². The Morgan fingerprint density at radius 2 is 1.59 bits per heavy atom. The van der Waals surface area contributed by atoms with Crippen LogP contribution < -0.4 is 25.6 Å². The summed E-state index contributed by atoms with van der Waals surface area (Å²) < 4.78 is 10.7. The lowest BCUT2D eigenvalue weighted by Crippen LogP contribution is -2.49. The van der Waals surface area contributed by atoms with Crippen LogP contribution in [0.5, 0.6) is 5.75 Å². The van der Waals surface area contributed by atoms with Crippen LogP contribution in [0.1, 0.15) is 29.8 Å². The lowest BCUT2D eigenvalue weighted by molar-refractivity contribution is -0.137. The van der Waals surface area contributed by atoms with Crippen LogP contribution in [-0.2, 0) is 16.0 Å². The summed E-state index contributed by atoms with van der Waals surface area (Å²) in [5.41, 5.74) is 3.49. The first-order valence-electron chi connectivity index (χ1n) is 12.9.